The maximum absolute atomic E-state index is 12.5. The minimum Gasteiger partial charge on any atom is -0.358 e. The third-order valence-electron chi connectivity index (χ3n) is 4.07. The van der Waals surface area contributed by atoms with Gasteiger partial charge in [0.1, 0.15) is 6.04 Å². The van der Waals surface area contributed by atoms with Gasteiger partial charge in [0.2, 0.25) is 5.95 Å². The summed E-state index contributed by atoms with van der Waals surface area (Å²) in [5.74, 6) is -0.883. The lowest BCUT2D eigenvalue weighted by molar-refractivity contribution is -0.389. The minimum atomic E-state index is -3.89. The zero-order chi connectivity index (χ0) is 21.9. The Morgan fingerprint density at radius 1 is 1.20 bits per heavy atom. The lowest BCUT2D eigenvalue weighted by Gasteiger charge is -2.12. The molecule has 0 aliphatic rings. The van der Waals surface area contributed by atoms with E-state index in [0.29, 0.717) is 11.4 Å². The molecule has 0 aliphatic carbocycles. The number of aromatic nitrogens is 4. The molecule has 30 heavy (non-hydrogen) atoms. The second-order valence-corrected chi connectivity index (χ2v) is 7.90. The molecule has 2 N–H and O–H groups in total. The van der Waals surface area contributed by atoms with E-state index in [0.717, 1.165) is 0 Å². The number of benzene rings is 1. The van der Waals surface area contributed by atoms with E-state index in [1.54, 1.807) is 19.9 Å². The standard InChI is InChI=1S/C17H17N7O5S/c1-11-10-15(24(26)27)21-23(11)12(2)16(25)20-13-4-6-14(7-5-13)30(28,29)22-17-18-8-3-9-19-17/h3-10,12H,1-2H3,(H,20,25)(H,18,19,22). The van der Waals surface area contributed by atoms with Gasteiger partial charge in [0.25, 0.3) is 15.9 Å². The first kappa shape index (κ1) is 20.9. The molecule has 0 saturated heterocycles. The van der Waals surface area contributed by atoms with Crippen molar-refractivity contribution in [3.05, 3.63) is 64.6 Å². The van der Waals surface area contributed by atoms with E-state index in [-0.39, 0.29) is 16.7 Å². The SMILES string of the molecule is Cc1cc([N+](=O)[O-])nn1C(C)C(=O)Nc1ccc(S(=O)(=O)Nc2ncccn2)cc1. The Morgan fingerprint density at radius 3 is 2.40 bits per heavy atom. The number of carbonyl (C=O) groups excluding carboxylic acids is 1. The number of nitrogens with zero attached hydrogens (tertiary/aromatic N) is 5. The van der Waals surface area contributed by atoms with Crippen LogP contribution in [-0.2, 0) is 14.8 Å². The molecule has 13 heteroatoms. The Kier molecular flexibility index (Phi) is 5.73. The first-order valence-corrected chi connectivity index (χ1v) is 10.1. The number of hydrogen-bond donors (Lipinski definition) is 2. The van der Waals surface area contributed by atoms with Gasteiger partial charge in [0, 0.05) is 18.1 Å². The largest absolute Gasteiger partial charge is 0.390 e. The normalized spacial score (nSPS) is 12.2. The number of rotatable bonds is 7. The molecule has 1 aromatic carbocycles. The van der Waals surface area contributed by atoms with E-state index >= 15 is 0 Å². The molecule has 2 heterocycles. The maximum Gasteiger partial charge on any atom is 0.390 e. The maximum atomic E-state index is 12.5. The second kappa shape index (κ2) is 8.24. The molecule has 3 rings (SSSR count). The Morgan fingerprint density at radius 2 is 1.83 bits per heavy atom. The predicted molar refractivity (Wildman–Crippen MR) is 106 cm³/mol. The summed E-state index contributed by atoms with van der Waals surface area (Å²) in [6.45, 7) is 3.15. The molecule has 0 saturated carbocycles. The van der Waals surface area contributed by atoms with Gasteiger partial charge in [-0.3, -0.25) is 4.79 Å². The number of anilines is 2. The summed E-state index contributed by atoms with van der Waals surface area (Å²) in [6.07, 6.45) is 2.81. The van der Waals surface area contributed by atoms with Crippen LogP contribution in [-0.4, -0.2) is 39.0 Å². The van der Waals surface area contributed by atoms with Crippen LogP contribution in [0.5, 0.6) is 0 Å². The van der Waals surface area contributed by atoms with Gasteiger partial charge in [0.15, 0.2) is 0 Å². The van der Waals surface area contributed by atoms with Crippen LogP contribution in [0, 0.1) is 17.0 Å². The van der Waals surface area contributed by atoms with E-state index in [4.69, 9.17) is 0 Å². The van der Waals surface area contributed by atoms with Crippen LogP contribution in [0.25, 0.3) is 0 Å². The first-order valence-electron chi connectivity index (χ1n) is 8.58. The molecular weight excluding hydrogens is 414 g/mol. The van der Waals surface area contributed by atoms with E-state index in [9.17, 15) is 23.3 Å². The van der Waals surface area contributed by atoms with Gasteiger partial charge in [-0.2, -0.15) is 4.68 Å². The van der Waals surface area contributed by atoms with Crippen molar-refractivity contribution in [1.82, 2.24) is 19.7 Å². The van der Waals surface area contributed by atoms with Crippen LogP contribution in [0.4, 0.5) is 17.5 Å². The number of aryl methyl sites for hydroxylation is 1. The zero-order valence-corrected chi connectivity index (χ0v) is 16.7. The van der Waals surface area contributed by atoms with Gasteiger partial charge < -0.3 is 15.4 Å². The van der Waals surface area contributed by atoms with Crippen LogP contribution >= 0.6 is 0 Å². The van der Waals surface area contributed by atoms with Gasteiger partial charge in [-0.25, -0.2) is 23.1 Å². The van der Waals surface area contributed by atoms with Gasteiger partial charge in [-0.05, 0) is 49.1 Å². The van der Waals surface area contributed by atoms with Crippen molar-refractivity contribution in [3.8, 4) is 0 Å². The highest BCUT2D eigenvalue weighted by Gasteiger charge is 2.25. The van der Waals surface area contributed by atoms with E-state index in [2.05, 4.69) is 25.1 Å². The molecule has 0 aliphatic heterocycles. The molecular formula is C17H17N7O5S. The first-order chi connectivity index (χ1) is 14.2. The molecule has 1 unspecified atom stereocenters. The summed E-state index contributed by atoms with van der Waals surface area (Å²) in [6, 6.07) is 7.48. The average Bonchev–Trinajstić information content (AvgIpc) is 3.10. The Hall–Kier alpha value is -3.87. The van der Waals surface area contributed by atoms with Crippen molar-refractivity contribution in [2.75, 3.05) is 10.0 Å². The van der Waals surface area contributed by atoms with E-state index in [1.165, 1.54) is 47.4 Å². The number of sulfonamides is 1. The molecule has 1 atom stereocenters. The fourth-order valence-electron chi connectivity index (χ4n) is 2.56. The van der Waals surface area contributed by atoms with Crippen molar-refractivity contribution < 1.29 is 18.1 Å². The summed E-state index contributed by atoms with van der Waals surface area (Å²) < 4.78 is 28.3. The van der Waals surface area contributed by atoms with Crippen molar-refractivity contribution in [2.24, 2.45) is 0 Å². The quantitative estimate of drug-likeness (QED) is 0.423. The van der Waals surface area contributed by atoms with E-state index < -0.39 is 26.9 Å². The molecule has 156 valence electrons. The number of nitro groups is 1. The van der Waals surface area contributed by atoms with Crippen LogP contribution in [0.3, 0.4) is 0 Å². The predicted octanol–water partition coefficient (Wildman–Crippen LogP) is 1.89. The zero-order valence-electron chi connectivity index (χ0n) is 15.9. The number of amides is 1. The highest BCUT2D eigenvalue weighted by molar-refractivity contribution is 7.92. The van der Waals surface area contributed by atoms with Crippen LogP contribution in [0.1, 0.15) is 18.7 Å². The van der Waals surface area contributed by atoms with E-state index in [1.807, 2.05) is 0 Å². The molecule has 0 bridgehead atoms. The number of carbonyl (C=O) groups is 1. The Bertz CT molecular complexity index is 1180. The molecule has 0 radical (unpaired) electrons. The van der Waals surface area contributed by atoms with Gasteiger partial charge in [0.05, 0.1) is 21.8 Å². The van der Waals surface area contributed by atoms with Crippen LogP contribution in [0.2, 0.25) is 0 Å². The van der Waals surface area contributed by atoms with Crippen LogP contribution in [0.15, 0.2) is 53.7 Å². The number of hydrogen-bond acceptors (Lipinski definition) is 8. The topological polar surface area (TPSA) is 162 Å². The summed E-state index contributed by atoms with van der Waals surface area (Å²) in [4.78, 5) is 30.3. The summed E-state index contributed by atoms with van der Waals surface area (Å²) in [5.41, 5.74) is 0.807. The van der Waals surface area contributed by atoms with Crippen molar-refractivity contribution in [2.45, 2.75) is 24.8 Å². The van der Waals surface area contributed by atoms with Gasteiger partial charge >= 0.3 is 5.82 Å². The number of nitrogens with one attached hydrogen (secondary N) is 2. The molecule has 3 aromatic rings. The van der Waals surface area contributed by atoms with Gasteiger partial charge in [-0.1, -0.05) is 0 Å². The van der Waals surface area contributed by atoms with Crippen molar-refractivity contribution in [1.29, 1.82) is 0 Å². The molecule has 0 spiro atoms. The Balaban J connectivity index is 1.70. The van der Waals surface area contributed by atoms with Crippen LogP contribution < -0.4 is 10.0 Å². The average molecular weight is 431 g/mol. The fraction of sp³-hybridized carbons (Fsp3) is 0.176. The molecule has 2 aromatic heterocycles. The van der Waals surface area contributed by atoms with Gasteiger partial charge in [-0.15, -0.1) is 0 Å². The molecule has 12 nitrogen and oxygen atoms in total. The highest BCUT2D eigenvalue weighted by atomic mass is 32.2. The minimum absolute atomic E-state index is 0.0421. The summed E-state index contributed by atoms with van der Waals surface area (Å²) >= 11 is 0. The smallest absolute Gasteiger partial charge is 0.358 e. The third-order valence-corrected chi connectivity index (χ3v) is 5.41. The highest BCUT2D eigenvalue weighted by Crippen LogP contribution is 2.20. The van der Waals surface area contributed by atoms with Crippen molar-refractivity contribution in [3.63, 3.8) is 0 Å². The monoisotopic (exact) mass is 431 g/mol. The lowest BCUT2D eigenvalue weighted by atomic mass is 10.2. The molecule has 0 fully saturated rings. The second-order valence-electron chi connectivity index (χ2n) is 6.21. The van der Waals surface area contributed by atoms with Crippen molar-refractivity contribution >= 4 is 33.4 Å². The lowest BCUT2D eigenvalue weighted by Crippen LogP contribution is -2.25. The molecule has 1 amide bonds. The third kappa shape index (κ3) is 4.57. The Labute approximate surface area is 171 Å². The summed E-state index contributed by atoms with van der Waals surface area (Å²) in [7, 11) is -3.89. The summed E-state index contributed by atoms with van der Waals surface area (Å²) in [5, 5.41) is 17.3. The fourth-order valence-corrected chi connectivity index (χ4v) is 3.52.